The molecule has 0 saturated carbocycles. The highest BCUT2D eigenvalue weighted by molar-refractivity contribution is 5.83. The summed E-state index contributed by atoms with van der Waals surface area (Å²) in [7, 11) is 3.09. The van der Waals surface area contributed by atoms with E-state index in [4.69, 9.17) is 13.9 Å². The molecule has 0 aliphatic rings. The maximum atomic E-state index is 12.5. The van der Waals surface area contributed by atoms with E-state index >= 15 is 0 Å². The van der Waals surface area contributed by atoms with E-state index in [1.165, 1.54) is 14.0 Å². The van der Waals surface area contributed by atoms with Crippen LogP contribution in [0.4, 0.5) is 0 Å². The van der Waals surface area contributed by atoms with Crippen LogP contribution in [-0.4, -0.2) is 30.0 Å². The Morgan fingerprint density at radius 3 is 2.50 bits per heavy atom. The fourth-order valence-electron chi connectivity index (χ4n) is 2.77. The number of hydrogen-bond donors (Lipinski definition) is 1. The number of hydrogen-bond acceptors (Lipinski definition) is 5. The number of H-pyrrole nitrogens is 1. The van der Waals surface area contributed by atoms with E-state index in [2.05, 4.69) is 4.98 Å². The average Bonchev–Trinajstić information content (AvgIpc) is 3.13. The van der Waals surface area contributed by atoms with Gasteiger partial charge in [0.05, 0.1) is 39.1 Å². The summed E-state index contributed by atoms with van der Waals surface area (Å²) >= 11 is 0. The number of nitrogens with one attached hydrogen (secondary N) is 1. The topological polar surface area (TPSA) is 84.8 Å². The van der Waals surface area contributed by atoms with Gasteiger partial charge in [-0.25, -0.2) is 0 Å². The van der Waals surface area contributed by atoms with Crippen LogP contribution in [0.25, 0.3) is 10.9 Å². The summed E-state index contributed by atoms with van der Waals surface area (Å²) in [4.78, 5) is 28.8. The van der Waals surface area contributed by atoms with Gasteiger partial charge in [0.2, 0.25) is 5.91 Å². The highest BCUT2D eigenvalue weighted by Gasteiger charge is 2.15. The van der Waals surface area contributed by atoms with Crippen LogP contribution in [0, 0.1) is 0 Å². The molecule has 2 aromatic heterocycles. The Labute approximate surface area is 150 Å². The summed E-state index contributed by atoms with van der Waals surface area (Å²) in [5, 5.41) is 0.791. The van der Waals surface area contributed by atoms with Gasteiger partial charge in [0.25, 0.3) is 5.56 Å². The maximum absolute atomic E-state index is 12.5. The quantitative estimate of drug-likeness (QED) is 0.734. The summed E-state index contributed by atoms with van der Waals surface area (Å²) in [6.07, 6.45) is 1.55. The Bertz CT molecular complexity index is 976. The van der Waals surface area contributed by atoms with E-state index in [1.54, 1.807) is 48.6 Å². The lowest BCUT2D eigenvalue weighted by Crippen LogP contribution is -2.30. The van der Waals surface area contributed by atoms with Crippen molar-refractivity contribution >= 4 is 16.8 Å². The average molecular weight is 356 g/mol. The molecule has 0 bridgehead atoms. The molecule has 1 aromatic carbocycles. The highest BCUT2D eigenvalue weighted by atomic mass is 16.5. The largest absolute Gasteiger partial charge is 0.493 e. The Kier molecular flexibility index (Phi) is 4.97. The minimum Gasteiger partial charge on any atom is -0.493 e. The van der Waals surface area contributed by atoms with Gasteiger partial charge >= 0.3 is 0 Å². The first-order valence-electron chi connectivity index (χ1n) is 8.07. The van der Waals surface area contributed by atoms with Gasteiger partial charge < -0.3 is 23.8 Å². The number of carbonyl (C=O) groups excluding carboxylic acids is 1. The third-order valence-corrected chi connectivity index (χ3v) is 4.16. The van der Waals surface area contributed by atoms with Crippen molar-refractivity contribution in [2.45, 2.75) is 20.0 Å². The molecule has 1 amide bonds. The number of ether oxygens (including phenoxy) is 2. The van der Waals surface area contributed by atoms with Crippen molar-refractivity contribution in [1.82, 2.24) is 9.88 Å². The number of benzene rings is 1. The lowest BCUT2D eigenvalue weighted by molar-refractivity contribution is -0.130. The fourth-order valence-corrected chi connectivity index (χ4v) is 2.77. The van der Waals surface area contributed by atoms with E-state index in [1.807, 2.05) is 0 Å². The first-order chi connectivity index (χ1) is 12.5. The SMILES string of the molecule is COc1cc2cc(CN(Cc3ccco3)C(C)=O)c(=O)[nH]c2cc1OC. The van der Waals surface area contributed by atoms with Crippen LogP contribution in [0.2, 0.25) is 0 Å². The third-order valence-electron chi connectivity index (χ3n) is 4.16. The number of aromatic amines is 1. The number of pyridine rings is 1. The lowest BCUT2D eigenvalue weighted by Gasteiger charge is -2.20. The molecule has 0 unspecified atom stereocenters. The summed E-state index contributed by atoms with van der Waals surface area (Å²) in [6, 6.07) is 8.81. The van der Waals surface area contributed by atoms with Gasteiger partial charge in [0, 0.05) is 23.9 Å². The van der Waals surface area contributed by atoms with Crippen molar-refractivity contribution in [2.24, 2.45) is 0 Å². The van der Waals surface area contributed by atoms with Gasteiger partial charge in [-0.3, -0.25) is 9.59 Å². The molecule has 0 spiro atoms. The van der Waals surface area contributed by atoms with Crippen molar-refractivity contribution < 1.29 is 18.7 Å². The molecule has 3 aromatic rings. The zero-order valence-corrected chi connectivity index (χ0v) is 14.9. The van der Waals surface area contributed by atoms with Crippen molar-refractivity contribution in [1.29, 1.82) is 0 Å². The Hall–Kier alpha value is -3.22. The molecule has 0 fully saturated rings. The number of amides is 1. The molecule has 0 radical (unpaired) electrons. The number of methoxy groups -OCH3 is 2. The lowest BCUT2D eigenvalue weighted by atomic mass is 10.1. The standard InChI is InChI=1S/C19H20N2O5/c1-12(22)21(11-15-5-4-6-26-15)10-14-7-13-8-17(24-2)18(25-3)9-16(13)20-19(14)23/h4-9H,10-11H2,1-3H3,(H,20,23). The predicted octanol–water partition coefficient (Wildman–Crippen LogP) is 2.69. The smallest absolute Gasteiger partial charge is 0.253 e. The molecular formula is C19H20N2O5. The van der Waals surface area contributed by atoms with Crippen LogP contribution in [0.1, 0.15) is 18.2 Å². The normalized spacial score (nSPS) is 10.7. The first-order valence-corrected chi connectivity index (χ1v) is 8.07. The van der Waals surface area contributed by atoms with Gasteiger partial charge in [-0.05, 0) is 24.3 Å². The molecule has 2 heterocycles. The predicted molar refractivity (Wildman–Crippen MR) is 96.3 cm³/mol. The van der Waals surface area contributed by atoms with Gasteiger partial charge in [0.1, 0.15) is 5.76 Å². The summed E-state index contributed by atoms with van der Waals surface area (Å²) < 4.78 is 15.9. The fraction of sp³-hybridized carbons (Fsp3) is 0.263. The Morgan fingerprint density at radius 2 is 1.88 bits per heavy atom. The third kappa shape index (κ3) is 3.56. The Morgan fingerprint density at radius 1 is 1.15 bits per heavy atom. The molecular weight excluding hydrogens is 336 g/mol. The zero-order valence-electron chi connectivity index (χ0n) is 14.9. The molecule has 136 valence electrons. The summed E-state index contributed by atoms with van der Waals surface area (Å²) in [5.41, 5.74) is 0.860. The van der Waals surface area contributed by atoms with E-state index in [0.717, 1.165) is 5.39 Å². The van der Waals surface area contributed by atoms with E-state index in [9.17, 15) is 9.59 Å². The van der Waals surface area contributed by atoms with Gasteiger partial charge in [0.15, 0.2) is 11.5 Å². The van der Waals surface area contributed by atoms with Crippen molar-refractivity contribution in [3.63, 3.8) is 0 Å². The summed E-state index contributed by atoms with van der Waals surface area (Å²) in [5.74, 6) is 1.61. The van der Waals surface area contributed by atoms with Crippen molar-refractivity contribution in [2.75, 3.05) is 14.2 Å². The molecule has 0 saturated heterocycles. The van der Waals surface area contributed by atoms with Crippen LogP contribution in [-0.2, 0) is 17.9 Å². The molecule has 0 atom stereocenters. The highest BCUT2D eigenvalue weighted by Crippen LogP contribution is 2.31. The first kappa shape index (κ1) is 17.6. The number of carbonyl (C=O) groups is 1. The van der Waals surface area contributed by atoms with Crippen LogP contribution in [0.3, 0.4) is 0 Å². The van der Waals surface area contributed by atoms with Gasteiger partial charge in [-0.1, -0.05) is 0 Å². The minimum atomic E-state index is -0.254. The Balaban J connectivity index is 1.96. The summed E-state index contributed by atoms with van der Waals surface area (Å²) in [6.45, 7) is 1.94. The van der Waals surface area contributed by atoms with Crippen LogP contribution in [0.5, 0.6) is 11.5 Å². The molecule has 7 nitrogen and oxygen atoms in total. The minimum absolute atomic E-state index is 0.145. The second-order valence-electron chi connectivity index (χ2n) is 5.87. The number of nitrogens with zero attached hydrogens (tertiary/aromatic N) is 1. The molecule has 26 heavy (non-hydrogen) atoms. The number of rotatable bonds is 6. The molecule has 0 aliphatic heterocycles. The zero-order chi connectivity index (χ0) is 18.7. The molecule has 3 rings (SSSR count). The maximum Gasteiger partial charge on any atom is 0.253 e. The second kappa shape index (κ2) is 7.35. The molecule has 7 heteroatoms. The van der Waals surface area contributed by atoms with Crippen LogP contribution in [0.15, 0.2) is 45.8 Å². The van der Waals surface area contributed by atoms with Crippen LogP contribution >= 0.6 is 0 Å². The second-order valence-corrected chi connectivity index (χ2v) is 5.87. The van der Waals surface area contributed by atoms with Crippen LogP contribution < -0.4 is 15.0 Å². The number of aromatic nitrogens is 1. The van der Waals surface area contributed by atoms with Gasteiger partial charge in [-0.2, -0.15) is 0 Å². The monoisotopic (exact) mass is 356 g/mol. The van der Waals surface area contributed by atoms with Crippen molar-refractivity contribution in [3.05, 3.63) is 58.3 Å². The number of fused-ring (bicyclic) bond motifs is 1. The van der Waals surface area contributed by atoms with E-state index in [0.29, 0.717) is 34.9 Å². The number of furan rings is 1. The molecule has 1 N–H and O–H groups in total. The van der Waals surface area contributed by atoms with E-state index < -0.39 is 0 Å². The van der Waals surface area contributed by atoms with Gasteiger partial charge in [-0.15, -0.1) is 0 Å². The van der Waals surface area contributed by atoms with E-state index in [-0.39, 0.29) is 18.0 Å². The van der Waals surface area contributed by atoms with Crippen molar-refractivity contribution in [3.8, 4) is 11.5 Å². The molecule has 0 aliphatic carbocycles.